The number of ketones is 1. The summed E-state index contributed by atoms with van der Waals surface area (Å²) >= 11 is 6.17. The zero-order valence-electron chi connectivity index (χ0n) is 18.8. The van der Waals surface area contributed by atoms with E-state index in [2.05, 4.69) is 5.32 Å². The van der Waals surface area contributed by atoms with E-state index in [9.17, 15) is 14.4 Å². The highest BCUT2D eigenvalue weighted by atomic mass is 35.5. The van der Waals surface area contributed by atoms with E-state index in [1.165, 1.54) is 0 Å². The second-order valence-corrected chi connectivity index (χ2v) is 8.67. The van der Waals surface area contributed by atoms with E-state index in [-0.39, 0.29) is 23.5 Å². The van der Waals surface area contributed by atoms with Gasteiger partial charge in [-0.15, -0.1) is 0 Å². The minimum absolute atomic E-state index is 0.0286. The molecule has 6 nitrogen and oxygen atoms in total. The molecule has 3 aromatic carbocycles. The summed E-state index contributed by atoms with van der Waals surface area (Å²) in [5.41, 5.74) is 1.64. The molecule has 0 radical (unpaired) electrons. The zero-order chi connectivity index (χ0) is 24.1. The first-order chi connectivity index (χ1) is 16.4. The monoisotopic (exact) mass is 476 g/mol. The van der Waals surface area contributed by atoms with Crippen LogP contribution in [0.3, 0.4) is 0 Å². The third kappa shape index (κ3) is 5.64. The number of anilines is 1. The number of nitrogens with zero attached hydrogens (tertiary/aromatic N) is 1. The molecule has 0 atom stereocenters. The van der Waals surface area contributed by atoms with Gasteiger partial charge in [0.25, 0.3) is 0 Å². The smallest absolute Gasteiger partial charge is 0.227 e. The Labute approximate surface area is 203 Å². The predicted octanol–water partition coefficient (Wildman–Crippen LogP) is 5.56. The molecule has 1 N–H and O–H groups in total. The number of amides is 2. The molecular formula is C27H25ClN2O4. The van der Waals surface area contributed by atoms with E-state index in [0.717, 1.165) is 0 Å². The lowest BCUT2D eigenvalue weighted by Gasteiger charge is -2.30. The van der Waals surface area contributed by atoms with E-state index < -0.39 is 0 Å². The summed E-state index contributed by atoms with van der Waals surface area (Å²) < 4.78 is 6.00. The van der Waals surface area contributed by atoms with Gasteiger partial charge < -0.3 is 15.0 Å². The Morgan fingerprint density at radius 2 is 1.56 bits per heavy atom. The fourth-order valence-corrected chi connectivity index (χ4v) is 4.11. The number of carbonyl (C=O) groups is 3. The van der Waals surface area contributed by atoms with Gasteiger partial charge in [-0.2, -0.15) is 0 Å². The van der Waals surface area contributed by atoms with Gasteiger partial charge in [-0.25, -0.2) is 0 Å². The van der Waals surface area contributed by atoms with Crippen molar-refractivity contribution in [2.75, 3.05) is 18.4 Å². The Hall–Kier alpha value is -3.64. The second-order valence-electron chi connectivity index (χ2n) is 8.23. The van der Waals surface area contributed by atoms with E-state index in [4.69, 9.17) is 16.3 Å². The summed E-state index contributed by atoms with van der Waals surface area (Å²) in [6, 6.07) is 21.0. The number of carbonyl (C=O) groups excluding carboxylic acids is 3. The molecular weight excluding hydrogens is 452 g/mol. The van der Waals surface area contributed by atoms with Crippen molar-refractivity contribution in [2.45, 2.75) is 19.8 Å². The van der Waals surface area contributed by atoms with Gasteiger partial charge in [0.2, 0.25) is 11.8 Å². The molecule has 0 aromatic heterocycles. The Morgan fingerprint density at radius 3 is 2.21 bits per heavy atom. The van der Waals surface area contributed by atoms with Crippen LogP contribution < -0.4 is 10.1 Å². The number of benzene rings is 3. The number of nitrogens with one attached hydrogen (secondary N) is 1. The molecule has 1 aliphatic heterocycles. The molecule has 0 aliphatic carbocycles. The number of hydrogen-bond acceptors (Lipinski definition) is 4. The highest BCUT2D eigenvalue weighted by Gasteiger charge is 2.26. The van der Waals surface area contributed by atoms with Crippen LogP contribution in [0.1, 0.15) is 35.7 Å². The maximum atomic E-state index is 12.9. The van der Waals surface area contributed by atoms with Crippen molar-refractivity contribution < 1.29 is 19.1 Å². The van der Waals surface area contributed by atoms with Gasteiger partial charge in [0, 0.05) is 42.1 Å². The number of ether oxygens (including phenoxy) is 1. The fourth-order valence-electron chi connectivity index (χ4n) is 3.94. The van der Waals surface area contributed by atoms with Crippen molar-refractivity contribution >= 4 is 34.9 Å². The van der Waals surface area contributed by atoms with Gasteiger partial charge in [0.1, 0.15) is 5.75 Å². The van der Waals surface area contributed by atoms with Gasteiger partial charge in [0.15, 0.2) is 11.5 Å². The first-order valence-electron chi connectivity index (χ1n) is 11.1. The van der Waals surface area contributed by atoms with Crippen LogP contribution in [0.15, 0.2) is 72.8 Å². The molecule has 7 heteroatoms. The molecule has 0 unspecified atom stereocenters. The Bertz CT molecular complexity index is 1190. The summed E-state index contributed by atoms with van der Waals surface area (Å²) in [5, 5.41) is 3.40. The summed E-state index contributed by atoms with van der Waals surface area (Å²) in [7, 11) is 0. The van der Waals surface area contributed by atoms with Crippen LogP contribution in [0, 0.1) is 5.92 Å². The zero-order valence-corrected chi connectivity index (χ0v) is 19.5. The number of halogens is 1. The average Bonchev–Trinajstić information content (AvgIpc) is 2.86. The van der Waals surface area contributed by atoms with Crippen LogP contribution >= 0.6 is 11.6 Å². The summed E-state index contributed by atoms with van der Waals surface area (Å²) in [6.45, 7) is 2.68. The maximum absolute atomic E-state index is 12.9. The van der Waals surface area contributed by atoms with Crippen molar-refractivity contribution in [2.24, 2.45) is 5.92 Å². The quantitative estimate of drug-likeness (QED) is 0.472. The third-order valence-corrected chi connectivity index (χ3v) is 6.13. The number of piperidine rings is 1. The molecule has 34 heavy (non-hydrogen) atoms. The van der Waals surface area contributed by atoms with Crippen molar-refractivity contribution in [3.8, 4) is 11.5 Å². The lowest BCUT2D eigenvalue weighted by Crippen LogP contribution is -2.40. The Morgan fingerprint density at radius 1 is 0.912 bits per heavy atom. The Balaban J connectivity index is 1.44. The standard InChI is InChI=1S/C27H25ClN2O4/c1-18(31)30-15-13-21(14-16-30)27(33)29-24-17-22(28)9-12-25(24)34-23-10-7-20(8-11-23)26(32)19-5-3-2-4-6-19/h2-12,17,21H,13-16H2,1H3,(H,29,33). The first kappa shape index (κ1) is 23.5. The van der Waals surface area contributed by atoms with Crippen molar-refractivity contribution in [1.29, 1.82) is 0 Å². The molecule has 1 aliphatic rings. The third-order valence-electron chi connectivity index (χ3n) is 5.89. The number of hydrogen-bond donors (Lipinski definition) is 1. The van der Waals surface area contributed by atoms with E-state index in [0.29, 0.717) is 59.3 Å². The Kier molecular flexibility index (Phi) is 7.28. The van der Waals surface area contributed by atoms with Crippen LogP contribution in [0.5, 0.6) is 11.5 Å². The van der Waals surface area contributed by atoms with E-state index >= 15 is 0 Å². The molecule has 1 saturated heterocycles. The first-order valence-corrected chi connectivity index (χ1v) is 11.5. The molecule has 3 aromatic rings. The van der Waals surface area contributed by atoms with E-state index in [1.807, 2.05) is 18.2 Å². The number of rotatable bonds is 6. The van der Waals surface area contributed by atoms with Gasteiger partial charge in [0.05, 0.1) is 5.69 Å². The van der Waals surface area contributed by atoms with Crippen molar-refractivity contribution in [3.63, 3.8) is 0 Å². The second kappa shape index (κ2) is 10.5. The van der Waals surface area contributed by atoms with Crippen LogP contribution in [-0.2, 0) is 9.59 Å². The summed E-state index contributed by atoms with van der Waals surface area (Å²) in [6.07, 6.45) is 1.22. The van der Waals surface area contributed by atoms with Crippen LogP contribution in [0.4, 0.5) is 5.69 Å². The SMILES string of the molecule is CC(=O)N1CCC(C(=O)Nc2cc(Cl)ccc2Oc2ccc(C(=O)c3ccccc3)cc2)CC1. The van der Waals surface area contributed by atoms with Crippen LogP contribution in [0.25, 0.3) is 0 Å². The number of likely N-dealkylation sites (tertiary alicyclic amines) is 1. The topological polar surface area (TPSA) is 75.7 Å². The summed E-state index contributed by atoms with van der Waals surface area (Å²) in [5.74, 6) is 0.617. The lowest BCUT2D eigenvalue weighted by molar-refractivity contribution is -0.132. The minimum atomic E-state index is -0.189. The minimum Gasteiger partial charge on any atom is -0.455 e. The molecule has 2 amide bonds. The fraction of sp³-hybridized carbons (Fsp3) is 0.222. The highest BCUT2D eigenvalue weighted by molar-refractivity contribution is 6.31. The van der Waals surface area contributed by atoms with Crippen molar-refractivity contribution in [1.82, 2.24) is 4.90 Å². The highest BCUT2D eigenvalue weighted by Crippen LogP contribution is 2.33. The van der Waals surface area contributed by atoms with Crippen LogP contribution in [-0.4, -0.2) is 35.6 Å². The molecule has 4 rings (SSSR count). The van der Waals surface area contributed by atoms with Gasteiger partial charge in [-0.3, -0.25) is 14.4 Å². The molecule has 0 saturated carbocycles. The van der Waals surface area contributed by atoms with Crippen molar-refractivity contribution in [3.05, 3.63) is 88.9 Å². The largest absolute Gasteiger partial charge is 0.455 e. The predicted molar refractivity (Wildman–Crippen MR) is 131 cm³/mol. The average molecular weight is 477 g/mol. The molecule has 0 bridgehead atoms. The lowest BCUT2D eigenvalue weighted by atomic mass is 9.96. The molecule has 1 fully saturated rings. The molecule has 174 valence electrons. The summed E-state index contributed by atoms with van der Waals surface area (Å²) in [4.78, 5) is 38.8. The van der Waals surface area contributed by atoms with E-state index in [1.54, 1.807) is 66.4 Å². The van der Waals surface area contributed by atoms with Gasteiger partial charge in [-0.05, 0) is 55.3 Å². The normalized spacial score (nSPS) is 13.9. The molecule has 0 spiro atoms. The van der Waals surface area contributed by atoms with Crippen LogP contribution in [0.2, 0.25) is 5.02 Å². The van der Waals surface area contributed by atoms with Gasteiger partial charge in [-0.1, -0.05) is 41.9 Å². The molecule has 1 heterocycles. The van der Waals surface area contributed by atoms with Gasteiger partial charge >= 0.3 is 0 Å². The maximum Gasteiger partial charge on any atom is 0.227 e.